The molecule has 3 heterocycles. The lowest BCUT2D eigenvalue weighted by Gasteiger charge is -2.11. The van der Waals surface area contributed by atoms with Crippen LogP contribution in [0.2, 0.25) is 0 Å². The lowest BCUT2D eigenvalue weighted by Crippen LogP contribution is -2.15. The quantitative estimate of drug-likeness (QED) is 0.478. The SMILES string of the molecule is N#Cc1cncc(/C(=C\n2cnc(-c3cc(C(F)(F)F)nc(C(F)(F)F)c3)n2)C(N)=O)c1. The highest BCUT2D eigenvalue weighted by atomic mass is 19.4. The maximum Gasteiger partial charge on any atom is 0.433 e. The van der Waals surface area contributed by atoms with Crippen molar-refractivity contribution in [2.75, 3.05) is 0 Å². The summed E-state index contributed by atoms with van der Waals surface area (Å²) in [7, 11) is 0. The predicted molar refractivity (Wildman–Crippen MR) is 95.6 cm³/mol. The molecule has 0 saturated heterocycles. The number of nitrogens with zero attached hydrogens (tertiary/aromatic N) is 6. The van der Waals surface area contributed by atoms with E-state index in [9.17, 15) is 31.1 Å². The van der Waals surface area contributed by atoms with Gasteiger partial charge in [0.25, 0.3) is 5.91 Å². The van der Waals surface area contributed by atoms with Crippen LogP contribution in [-0.2, 0) is 17.1 Å². The van der Waals surface area contributed by atoms with Gasteiger partial charge in [0.2, 0.25) is 0 Å². The molecular formula is C18H9F6N7O. The van der Waals surface area contributed by atoms with Gasteiger partial charge < -0.3 is 5.73 Å². The topological polar surface area (TPSA) is 123 Å². The largest absolute Gasteiger partial charge is 0.433 e. The minimum atomic E-state index is -5.14. The molecule has 3 rings (SSSR count). The average molecular weight is 453 g/mol. The van der Waals surface area contributed by atoms with E-state index in [2.05, 4.69) is 20.1 Å². The Hall–Kier alpha value is -4.28. The first-order valence-corrected chi connectivity index (χ1v) is 8.33. The van der Waals surface area contributed by atoms with Gasteiger partial charge in [-0.1, -0.05) is 0 Å². The van der Waals surface area contributed by atoms with Crippen LogP contribution in [0.3, 0.4) is 0 Å². The van der Waals surface area contributed by atoms with Gasteiger partial charge in [-0.15, -0.1) is 5.10 Å². The number of primary amides is 1. The molecule has 14 heteroatoms. The average Bonchev–Trinajstić information content (AvgIpc) is 3.19. The molecule has 164 valence electrons. The highest BCUT2D eigenvalue weighted by Crippen LogP contribution is 2.35. The zero-order valence-corrected chi connectivity index (χ0v) is 15.5. The van der Waals surface area contributed by atoms with E-state index in [0.29, 0.717) is 12.1 Å². The summed E-state index contributed by atoms with van der Waals surface area (Å²) in [6.07, 6.45) is -5.85. The number of amides is 1. The van der Waals surface area contributed by atoms with E-state index in [1.165, 1.54) is 18.5 Å². The number of carbonyl (C=O) groups excluding carboxylic acids is 1. The molecule has 0 spiro atoms. The third-order valence-corrected chi connectivity index (χ3v) is 3.88. The molecule has 2 N–H and O–H groups in total. The van der Waals surface area contributed by atoms with Gasteiger partial charge in [0.1, 0.15) is 23.8 Å². The first kappa shape index (κ1) is 22.4. The number of rotatable bonds is 4. The molecule has 0 aliphatic heterocycles. The lowest BCUT2D eigenvalue weighted by molar-refractivity contribution is -0.150. The summed E-state index contributed by atoms with van der Waals surface area (Å²) in [5.74, 6) is -1.45. The Bertz CT molecular complexity index is 1220. The van der Waals surface area contributed by atoms with Crippen molar-refractivity contribution in [1.82, 2.24) is 24.7 Å². The smallest absolute Gasteiger partial charge is 0.366 e. The van der Waals surface area contributed by atoms with Crippen molar-refractivity contribution in [2.24, 2.45) is 5.73 Å². The molecule has 3 aromatic rings. The maximum absolute atomic E-state index is 13.0. The minimum absolute atomic E-state index is 0.116. The fourth-order valence-corrected chi connectivity index (χ4v) is 2.48. The Labute approximate surface area is 174 Å². The number of carbonyl (C=O) groups is 1. The number of hydrogen-bond acceptors (Lipinski definition) is 6. The van der Waals surface area contributed by atoms with Crippen molar-refractivity contribution in [2.45, 2.75) is 12.4 Å². The van der Waals surface area contributed by atoms with Crippen LogP contribution in [0, 0.1) is 11.3 Å². The fourth-order valence-electron chi connectivity index (χ4n) is 2.48. The van der Waals surface area contributed by atoms with Crippen LogP contribution in [-0.4, -0.2) is 30.6 Å². The molecule has 0 aromatic carbocycles. The van der Waals surface area contributed by atoms with E-state index >= 15 is 0 Å². The number of nitrogens with two attached hydrogens (primary N) is 1. The van der Waals surface area contributed by atoms with E-state index < -0.39 is 41.0 Å². The van der Waals surface area contributed by atoms with Crippen LogP contribution in [0.25, 0.3) is 23.2 Å². The summed E-state index contributed by atoms with van der Waals surface area (Å²) in [5.41, 5.74) is 1.25. The number of halogens is 6. The number of alkyl halides is 6. The number of pyridine rings is 2. The van der Waals surface area contributed by atoms with Gasteiger partial charge in [-0.05, 0) is 18.2 Å². The zero-order chi connectivity index (χ0) is 23.7. The summed E-state index contributed by atoms with van der Waals surface area (Å²) in [6.45, 7) is 0. The molecule has 8 nitrogen and oxygen atoms in total. The zero-order valence-electron chi connectivity index (χ0n) is 15.5. The van der Waals surface area contributed by atoms with Crippen LogP contribution < -0.4 is 5.73 Å². The highest BCUT2D eigenvalue weighted by molar-refractivity contribution is 6.22. The van der Waals surface area contributed by atoms with Crippen molar-refractivity contribution in [3.05, 3.63) is 59.4 Å². The molecule has 0 unspecified atom stereocenters. The second-order valence-corrected chi connectivity index (χ2v) is 6.15. The summed E-state index contributed by atoms with van der Waals surface area (Å²) in [5, 5.41) is 12.7. The highest BCUT2D eigenvalue weighted by Gasteiger charge is 2.39. The molecular weight excluding hydrogens is 444 g/mol. The van der Waals surface area contributed by atoms with Crippen molar-refractivity contribution >= 4 is 17.7 Å². The number of aromatic nitrogens is 5. The van der Waals surface area contributed by atoms with E-state index in [4.69, 9.17) is 11.0 Å². The molecule has 0 bridgehead atoms. The molecule has 0 aliphatic rings. The summed E-state index contributed by atoms with van der Waals surface area (Å²) < 4.78 is 78.9. The van der Waals surface area contributed by atoms with E-state index in [1.54, 1.807) is 0 Å². The van der Waals surface area contributed by atoms with Crippen molar-refractivity contribution in [3.63, 3.8) is 0 Å². The van der Waals surface area contributed by atoms with Crippen LogP contribution >= 0.6 is 0 Å². The summed E-state index contributed by atoms with van der Waals surface area (Å²) >= 11 is 0. The van der Waals surface area contributed by atoms with Gasteiger partial charge in [-0.3, -0.25) is 9.78 Å². The van der Waals surface area contributed by atoms with Gasteiger partial charge in [-0.2, -0.15) is 31.6 Å². The summed E-state index contributed by atoms with van der Waals surface area (Å²) in [4.78, 5) is 21.9. The van der Waals surface area contributed by atoms with Crippen LogP contribution in [0.4, 0.5) is 26.3 Å². The fraction of sp³-hybridized carbons (Fsp3) is 0.111. The third-order valence-electron chi connectivity index (χ3n) is 3.88. The molecule has 32 heavy (non-hydrogen) atoms. The first-order chi connectivity index (χ1) is 14.9. The predicted octanol–water partition coefficient (Wildman–Crippen LogP) is 3.13. The standard InChI is InChI=1S/C18H9F6N7O/c19-17(20,21)13-2-10(3-14(29-13)18(22,23)24)16-28-8-31(30-16)7-12(15(26)32)11-1-9(4-25)5-27-6-11/h1-3,5-8H,(H2,26,32)/b12-7+. The van der Waals surface area contributed by atoms with Gasteiger partial charge in [0.15, 0.2) is 5.82 Å². The second-order valence-electron chi connectivity index (χ2n) is 6.15. The second kappa shape index (κ2) is 8.10. The Morgan fingerprint density at radius 2 is 1.69 bits per heavy atom. The van der Waals surface area contributed by atoms with Gasteiger partial charge in [-0.25, -0.2) is 14.6 Å². The first-order valence-electron chi connectivity index (χ1n) is 8.33. The molecule has 1 amide bonds. The van der Waals surface area contributed by atoms with Gasteiger partial charge >= 0.3 is 12.4 Å². The van der Waals surface area contributed by atoms with E-state index in [-0.39, 0.29) is 16.7 Å². The van der Waals surface area contributed by atoms with E-state index in [1.807, 2.05) is 6.07 Å². The molecule has 3 aromatic heterocycles. The Kier molecular flexibility index (Phi) is 5.67. The van der Waals surface area contributed by atoms with Crippen molar-refractivity contribution in [1.29, 1.82) is 5.26 Å². The monoisotopic (exact) mass is 453 g/mol. The minimum Gasteiger partial charge on any atom is -0.366 e. The lowest BCUT2D eigenvalue weighted by atomic mass is 10.1. The number of hydrogen-bond donors (Lipinski definition) is 1. The molecule has 0 fully saturated rings. The molecule has 0 radical (unpaired) electrons. The molecule has 0 saturated carbocycles. The Morgan fingerprint density at radius 1 is 1.06 bits per heavy atom. The Balaban J connectivity index is 2.08. The Morgan fingerprint density at radius 3 is 2.22 bits per heavy atom. The van der Waals surface area contributed by atoms with E-state index in [0.717, 1.165) is 17.2 Å². The van der Waals surface area contributed by atoms with Gasteiger partial charge in [0.05, 0.1) is 11.1 Å². The summed E-state index contributed by atoms with van der Waals surface area (Å²) in [6, 6.07) is 3.86. The van der Waals surface area contributed by atoms with Crippen LogP contribution in [0.1, 0.15) is 22.5 Å². The van der Waals surface area contributed by atoms with Crippen LogP contribution in [0.5, 0.6) is 0 Å². The van der Waals surface area contributed by atoms with Crippen molar-refractivity contribution < 1.29 is 31.1 Å². The number of nitriles is 1. The normalized spacial score (nSPS) is 12.5. The maximum atomic E-state index is 13.0. The van der Waals surface area contributed by atoms with Gasteiger partial charge in [0, 0.05) is 29.7 Å². The molecule has 0 atom stereocenters. The third kappa shape index (κ3) is 4.89. The van der Waals surface area contributed by atoms with Crippen LogP contribution in [0.15, 0.2) is 36.9 Å². The molecule has 0 aliphatic carbocycles. The van der Waals surface area contributed by atoms with Crippen molar-refractivity contribution in [3.8, 4) is 17.5 Å².